The smallest absolute Gasteiger partial charge is 0.329 e. The first-order chi connectivity index (χ1) is 14.5. The molecule has 0 heterocycles. The van der Waals surface area contributed by atoms with Gasteiger partial charge in [-0.25, -0.2) is 5.43 Å². The average Bonchev–Trinajstić information content (AvgIpc) is 2.75. The second-order valence-corrected chi connectivity index (χ2v) is 6.81. The van der Waals surface area contributed by atoms with Crippen LogP contribution in [0.5, 0.6) is 5.75 Å². The maximum Gasteiger partial charge on any atom is 0.329 e. The van der Waals surface area contributed by atoms with E-state index >= 15 is 0 Å². The summed E-state index contributed by atoms with van der Waals surface area (Å²) in [4.78, 5) is 23.9. The molecule has 0 fully saturated rings. The number of nitrogens with one attached hydrogen (secondary N) is 2. The van der Waals surface area contributed by atoms with Gasteiger partial charge in [0.05, 0.1) is 6.21 Å². The number of anilines is 1. The molecular formula is C24H23N3O3. The van der Waals surface area contributed by atoms with Crippen molar-refractivity contribution in [1.82, 2.24) is 5.43 Å². The van der Waals surface area contributed by atoms with Crippen molar-refractivity contribution in [1.29, 1.82) is 0 Å². The molecule has 0 unspecified atom stereocenters. The Labute approximate surface area is 175 Å². The minimum atomic E-state index is -0.846. The number of rotatable bonds is 6. The number of amides is 2. The van der Waals surface area contributed by atoms with Gasteiger partial charge in [0.25, 0.3) is 0 Å². The molecule has 0 aliphatic heterocycles. The molecule has 0 radical (unpaired) electrons. The third kappa shape index (κ3) is 6.04. The zero-order valence-corrected chi connectivity index (χ0v) is 16.9. The summed E-state index contributed by atoms with van der Waals surface area (Å²) in [7, 11) is 0. The van der Waals surface area contributed by atoms with E-state index in [0.29, 0.717) is 18.0 Å². The highest BCUT2D eigenvalue weighted by Crippen LogP contribution is 2.15. The number of aryl methyl sites for hydroxylation is 2. The van der Waals surface area contributed by atoms with Gasteiger partial charge >= 0.3 is 11.8 Å². The molecule has 0 aliphatic rings. The molecule has 3 rings (SSSR count). The minimum Gasteiger partial charge on any atom is -0.489 e. The van der Waals surface area contributed by atoms with Crippen molar-refractivity contribution in [2.24, 2.45) is 5.10 Å². The summed E-state index contributed by atoms with van der Waals surface area (Å²) in [6.07, 6.45) is 1.46. The van der Waals surface area contributed by atoms with Gasteiger partial charge in [-0.2, -0.15) is 5.10 Å². The summed E-state index contributed by atoms with van der Waals surface area (Å²) in [6, 6.07) is 22.7. The second-order valence-electron chi connectivity index (χ2n) is 6.81. The molecule has 3 aromatic carbocycles. The Morgan fingerprint density at radius 3 is 2.47 bits per heavy atom. The molecule has 0 atom stereocenters. The van der Waals surface area contributed by atoms with Crippen LogP contribution in [0.25, 0.3) is 0 Å². The predicted octanol–water partition coefficient (Wildman–Crippen LogP) is 3.97. The number of ether oxygens (including phenoxy) is 1. The van der Waals surface area contributed by atoms with Gasteiger partial charge < -0.3 is 10.1 Å². The van der Waals surface area contributed by atoms with Crippen molar-refractivity contribution in [3.8, 4) is 5.75 Å². The number of carbonyl (C=O) groups excluding carboxylic acids is 2. The Balaban J connectivity index is 1.52. The largest absolute Gasteiger partial charge is 0.489 e. The summed E-state index contributed by atoms with van der Waals surface area (Å²) >= 11 is 0. The molecular weight excluding hydrogens is 378 g/mol. The Kier molecular flexibility index (Phi) is 6.95. The van der Waals surface area contributed by atoms with E-state index in [0.717, 1.165) is 16.7 Å². The van der Waals surface area contributed by atoms with Crippen LogP contribution in [-0.2, 0) is 16.2 Å². The predicted molar refractivity (Wildman–Crippen MR) is 117 cm³/mol. The van der Waals surface area contributed by atoms with E-state index in [-0.39, 0.29) is 0 Å². The van der Waals surface area contributed by atoms with Crippen molar-refractivity contribution in [2.75, 3.05) is 5.32 Å². The lowest BCUT2D eigenvalue weighted by atomic mass is 10.2. The number of carbonyl (C=O) groups is 2. The Bertz CT molecular complexity index is 1060. The SMILES string of the molecule is Cc1ccc(COc2cccc(/C=N\NC(=O)C(=O)Nc3ccccc3C)c2)cc1. The van der Waals surface area contributed by atoms with Crippen LogP contribution in [0.2, 0.25) is 0 Å². The topological polar surface area (TPSA) is 79.8 Å². The highest BCUT2D eigenvalue weighted by Gasteiger charge is 2.13. The molecule has 152 valence electrons. The van der Waals surface area contributed by atoms with Gasteiger partial charge in [0.1, 0.15) is 12.4 Å². The second kappa shape index (κ2) is 10.0. The Hall–Kier alpha value is -3.93. The van der Waals surface area contributed by atoms with Crippen molar-refractivity contribution >= 4 is 23.7 Å². The minimum absolute atomic E-state index is 0.455. The fraction of sp³-hybridized carbons (Fsp3) is 0.125. The third-order valence-electron chi connectivity index (χ3n) is 4.36. The number of para-hydroxylation sites is 1. The van der Waals surface area contributed by atoms with Gasteiger partial charge in [-0.05, 0) is 48.7 Å². The molecule has 6 heteroatoms. The Morgan fingerprint density at radius 2 is 1.70 bits per heavy atom. The van der Waals surface area contributed by atoms with Crippen LogP contribution in [0.3, 0.4) is 0 Å². The lowest BCUT2D eigenvalue weighted by Crippen LogP contribution is -2.32. The molecule has 0 bridgehead atoms. The fourth-order valence-electron chi connectivity index (χ4n) is 2.64. The quantitative estimate of drug-likeness (QED) is 0.373. The maximum atomic E-state index is 12.0. The monoisotopic (exact) mass is 401 g/mol. The van der Waals surface area contributed by atoms with E-state index in [1.807, 2.05) is 68.4 Å². The molecule has 2 amide bonds. The standard InChI is InChI=1S/C24H23N3O3/c1-17-10-12-19(13-11-17)16-30-21-8-5-7-20(14-21)15-25-27-24(29)23(28)26-22-9-4-3-6-18(22)2/h3-15H,16H2,1-2H3,(H,26,28)(H,27,29)/b25-15-. The van der Waals surface area contributed by atoms with Crippen LogP contribution in [0.15, 0.2) is 77.9 Å². The zero-order valence-electron chi connectivity index (χ0n) is 16.9. The highest BCUT2D eigenvalue weighted by atomic mass is 16.5. The van der Waals surface area contributed by atoms with Crippen LogP contribution in [0, 0.1) is 13.8 Å². The summed E-state index contributed by atoms with van der Waals surface area (Å²) in [6.45, 7) is 4.34. The van der Waals surface area contributed by atoms with Crippen LogP contribution in [0.1, 0.15) is 22.3 Å². The number of benzene rings is 3. The molecule has 0 aromatic heterocycles. The average molecular weight is 401 g/mol. The lowest BCUT2D eigenvalue weighted by Gasteiger charge is -2.07. The van der Waals surface area contributed by atoms with Gasteiger partial charge in [-0.15, -0.1) is 0 Å². The molecule has 3 aromatic rings. The highest BCUT2D eigenvalue weighted by molar-refractivity contribution is 6.39. The molecule has 30 heavy (non-hydrogen) atoms. The van der Waals surface area contributed by atoms with Crippen molar-refractivity contribution in [3.05, 3.63) is 95.1 Å². The maximum absolute atomic E-state index is 12.0. The fourth-order valence-corrected chi connectivity index (χ4v) is 2.64. The Morgan fingerprint density at radius 1 is 0.933 bits per heavy atom. The van der Waals surface area contributed by atoms with Crippen molar-refractivity contribution in [3.63, 3.8) is 0 Å². The molecule has 0 saturated heterocycles. The first kappa shape index (κ1) is 20.8. The first-order valence-corrected chi connectivity index (χ1v) is 9.50. The number of hydrogen-bond acceptors (Lipinski definition) is 4. The van der Waals surface area contributed by atoms with Crippen LogP contribution in [0.4, 0.5) is 5.69 Å². The van der Waals surface area contributed by atoms with Crippen LogP contribution < -0.4 is 15.5 Å². The zero-order chi connectivity index (χ0) is 21.3. The summed E-state index contributed by atoms with van der Waals surface area (Å²) < 4.78 is 5.80. The lowest BCUT2D eigenvalue weighted by molar-refractivity contribution is -0.136. The molecule has 0 aliphatic carbocycles. The summed E-state index contributed by atoms with van der Waals surface area (Å²) in [5.41, 5.74) is 6.69. The van der Waals surface area contributed by atoms with E-state index < -0.39 is 11.8 Å². The van der Waals surface area contributed by atoms with Gasteiger partial charge in [0, 0.05) is 5.69 Å². The number of nitrogens with zero attached hydrogens (tertiary/aromatic N) is 1. The molecule has 6 nitrogen and oxygen atoms in total. The van der Waals surface area contributed by atoms with Gasteiger partial charge in [-0.3, -0.25) is 9.59 Å². The first-order valence-electron chi connectivity index (χ1n) is 9.50. The summed E-state index contributed by atoms with van der Waals surface area (Å²) in [5, 5.41) is 6.41. The van der Waals surface area contributed by atoms with Crippen molar-refractivity contribution < 1.29 is 14.3 Å². The van der Waals surface area contributed by atoms with Gasteiger partial charge in [-0.1, -0.05) is 60.2 Å². The van der Waals surface area contributed by atoms with E-state index in [1.165, 1.54) is 11.8 Å². The summed E-state index contributed by atoms with van der Waals surface area (Å²) in [5.74, 6) is -0.943. The van der Waals surface area contributed by atoms with E-state index in [9.17, 15) is 9.59 Å². The van der Waals surface area contributed by atoms with Gasteiger partial charge in [0.2, 0.25) is 0 Å². The van der Waals surface area contributed by atoms with E-state index in [4.69, 9.17) is 4.74 Å². The van der Waals surface area contributed by atoms with E-state index in [2.05, 4.69) is 15.8 Å². The van der Waals surface area contributed by atoms with Gasteiger partial charge in [0.15, 0.2) is 0 Å². The number of hydrazone groups is 1. The molecule has 2 N–H and O–H groups in total. The third-order valence-corrected chi connectivity index (χ3v) is 4.36. The van der Waals surface area contributed by atoms with Crippen LogP contribution in [-0.4, -0.2) is 18.0 Å². The van der Waals surface area contributed by atoms with E-state index in [1.54, 1.807) is 18.2 Å². The van der Waals surface area contributed by atoms with Crippen molar-refractivity contribution in [2.45, 2.75) is 20.5 Å². The normalized spacial score (nSPS) is 10.6. The molecule has 0 saturated carbocycles. The van der Waals surface area contributed by atoms with Crippen LogP contribution >= 0.6 is 0 Å². The number of hydrogen-bond donors (Lipinski definition) is 2. The molecule has 0 spiro atoms.